The van der Waals surface area contributed by atoms with Crippen molar-refractivity contribution >= 4 is 11.5 Å². The Morgan fingerprint density at radius 2 is 1.93 bits per heavy atom. The smallest absolute Gasteiger partial charge is 0.155 e. The number of oxime groups is 1. The van der Waals surface area contributed by atoms with Gasteiger partial charge < -0.3 is 5.21 Å². The normalized spacial score (nSPS) is 26.7. The minimum Gasteiger partial charge on any atom is -0.411 e. The molecule has 1 aliphatic carbocycles. The van der Waals surface area contributed by atoms with Gasteiger partial charge in [0.25, 0.3) is 0 Å². The Hall–Kier alpha value is -1.38. The summed E-state index contributed by atoms with van der Waals surface area (Å²) in [6, 6.07) is 0. The molecule has 0 amide bonds. The van der Waals surface area contributed by atoms with Crippen LogP contribution < -0.4 is 0 Å². The van der Waals surface area contributed by atoms with Crippen molar-refractivity contribution in [3.8, 4) is 0 Å². The van der Waals surface area contributed by atoms with Crippen molar-refractivity contribution in [1.82, 2.24) is 0 Å². The van der Waals surface area contributed by atoms with E-state index in [9.17, 15) is 4.79 Å². The van der Waals surface area contributed by atoms with E-state index in [2.05, 4.69) is 5.16 Å². The number of nitrogens with zero attached hydrogens (tertiary/aromatic N) is 1. The van der Waals surface area contributed by atoms with E-state index in [-0.39, 0.29) is 5.78 Å². The summed E-state index contributed by atoms with van der Waals surface area (Å²) in [5.41, 5.74) is 0.806. The van der Waals surface area contributed by atoms with Crippen molar-refractivity contribution in [3.63, 3.8) is 0 Å². The van der Waals surface area contributed by atoms with Crippen molar-refractivity contribution in [1.29, 1.82) is 0 Å². The quantitative estimate of drug-likeness (QED) is 0.490. The Labute approximate surface area is 90.2 Å². The van der Waals surface area contributed by atoms with E-state index < -0.39 is 0 Å². The SMILES string of the molecule is O=C1/C=C/C=C\CCCC(=NO)CCC1. The van der Waals surface area contributed by atoms with Gasteiger partial charge >= 0.3 is 0 Å². The summed E-state index contributed by atoms with van der Waals surface area (Å²) in [4.78, 5) is 11.3. The van der Waals surface area contributed by atoms with Crippen molar-refractivity contribution in [2.45, 2.75) is 38.5 Å². The largest absolute Gasteiger partial charge is 0.411 e. The first-order valence-corrected chi connectivity index (χ1v) is 5.39. The van der Waals surface area contributed by atoms with Gasteiger partial charge in [-0.2, -0.15) is 0 Å². The molecule has 1 aliphatic rings. The van der Waals surface area contributed by atoms with Gasteiger partial charge in [0.15, 0.2) is 5.78 Å². The summed E-state index contributed by atoms with van der Waals surface area (Å²) in [6.45, 7) is 0. The maximum atomic E-state index is 11.3. The number of ketones is 1. The Balaban J connectivity index is 2.54. The molecule has 82 valence electrons. The molecule has 1 rings (SSSR count). The summed E-state index contributed by atoms with van der Waals surface area (Å²) in [7, 11) is 0. The maximum Gasteiger partial charge on any atom is 0.155 e. The number of carbonyl (C=O) groups excluding carboxylic acids is 1. The minimum absolute atomic E-state index is 0.137. The molecule has 0 unspecified atom stereocenters. The van der Waals surface area contributed by atoms with Gasteiger partial charge in [0.2, 0.25) is 0 Å². The summed E-state index contributed by atoms with van der Waals surface area (Å²) in [5, 5.41) is 12.0. The van der Waals surface area contributed by atoms with Crippen LogP contribution in [0, 0.1) is 0 Å². The molecule has 0 aromatic heterocycles. The van der Waals surface area contributed by atoms with Gasteiger partial charge in [-0.15, -0.1) is 0 Å². The average molecular weight is 207 g/mol. The highest BCUT2D eigenvalue weighted by Gasteiger charge is 2.03. The summed E-state index contributed by atoms with van der Waals surface area (Å²) in [5.74, 6) is 0.137. The van der Waals surface area contributed by atoms with Crippen LogP contribution in [0.3, 0.4) is 0 Å². The van der Waals surface area contributed by atoms with E-state index >= 15 is 0 Å². The van der Waals surface area contributed by atoms with E-state index in [1.807, 2.05) is 12.2 Å². The van der Waals surface area contributed by atoms with Gasteiger partial charge in [-0.3, -0.25) is 4.79 Å². The zero-order valence-corrected chi connectivity index (χ0v) is 8.85. The predicted molar refractivity (Wildman–Crippen MR) is 60.2 cm³/mol. The highest BCUT2D eigenvalue weighted by Crippen LogP contribution is 2.08. The van der Waals surface area contributed by atoms with E-state index in [4.69, 9.17) is 5.21 Å². The van der Waals surface area contributed by atoms with Crippen LogP contribution in [0.4, 0.5) is 0 Å². The first-order valence-electron chi connectivity index (χ1n) is 5.39. The van der Waals surface area contributed by atoms with Crippen LogP contribution in [0.2, 0.25) is 0 Å². The third-order valence-electron chi connectivity index (χ3n) is 2.40. The average Bonchev–Trinajstić information content (AvgIpc) is 2.23. The number of carbonyl (C=O) groups is 1. The van der Waals surface area contributed by atoms with E-state index in [1.165, 1.54) is 0 Å². The van der Waals surface area contributed by atoms with Crippen LogP contribution in [0.25, 0.3) is 0 Å². The van der Waals surface area contributed by atoms with E-state index in [0.717, 1.165) is 37.8 Å². The zero-order valence-electron chi connectivity index (χ0n) is 8.85. The van der Waals surface area contributed by atoms with Gasteiger partial charge in [0, 0.05) is 6.42 Å². The molecule has 0 spiro atoms. The van der Waals surface area contributed by atoms with Crippen molar-refractivity contribution in [3.05, 3.63) is 24.3 Å². The van der Waals surface area contributed by atoms with Crippen LogP contribution in [0.5, 0.6) is 0 Å². The minimum atomic E-state index is 0.137. The van der Waals surface area contributed by atoms with Crippen molar-refractivity contribution in [2.24, 2.45) is 5.16 Å². The van der Waals surface area contributed by atoms with Crippen LogP contribution in [0.1, 0.15) is 38.5 Å². The van der Waals surface area contributed by atoms with Crippen molar-refractivity contribution < 1.29 is 10.0 Å². The Bertz CT molecular complexity index is 290. The molecule has 0 saturated heterocycles. The van der Waals surface area contributed by atoms with Crippen LogP contribution in [0.15, 0.2) is 29.5 Å². The standard InChI is InChI=1S/C12H17NO2/c14-12-9-5-3-1-2-4-7-11(13-15)8-6-10-12/h1,3,5,9,15H,2,4,6-8,10H2/b3-1-,9-5+,13-11?. The fourth-order valence-electron chi connectivity index (χ4n) is 1.54. The van der Waals surface area contributed by atoms with Gasteiger partial charge in [0.1, 0.15) is 0 Å². The molecule has 0 fully saturated rings. The second kappa shape index (κ2) is 6.98. The topological polar surface area (TPSA) is 49.7 Å². The molecular weight excluding hydrogens is 190 g/mol. The third-order valence-corrected chi connectivity index (χ3v) is 2.40. The first-order chi connectivity index (χ1) is 7.33. The fraction of sp³-hybridized carbons (Fsp3) is 0.500. The third kappa shape index (κ3) is 5.15. The highest BCUT2D eigenvalue weighted by atomic mass is 16.4. The van der Waals surface area contributed by atoms with Gasteiger partial charge in [-0.1, -0.05) is 23.4 Å². The molecule has 0 saturated carbocycles. The van der Waals surface area contributed by atoms with Crippen molar-refractivity contribution in [2.75, 3.05) is 0 Å². The summed E-state index contributed by atoms with van der Waals surface area (Å²) in [6.07, 6.45) is 12.1. The number of rotatable bonds is 0. The van der Waals surface area contributed by atoms with Gasteiger partial charge in [-0.05, 0) is 38.2 Å². The Morgan fingerprint density at radius 1 is 1.13 bits per heavy atom. The number of hydrogen-bond acceptors (Lipinski definition) is 3. The molecule has 15 heavy (non-hydrogen) atoms. The Morgan fingerprint density at radius 3 is 2.73 bits per heavy atom. The predicted octanol–water partition coefficient (Wildman–Crippen LogP) is 2.85. The molecule has 0 radical (unpaired) electrons. The molecule has 3 heteroatoms. The second-order valence-electron chi connectivity index (χ2n) is 3.67. The number of allylic oxidation sites excluding steroid dienone is 4. The molecule has 0 atom stereocenters. The second-order valence-corrected chi connectivity index (χ2v) is 3.67. The van der Waals surface area contributed by atoms with E-state index in [0.29, 0.717) is 6.42 Å². The molecule has 0 aromatic carbocycles. The lowest BCUT2D eigenvalue weighted by molar-refractivity contribution is -0.114. The lowest BCUT2D eigenvalue weighted by Gasteiger charge is -2.03. The molecule has 3 nitrogen and oxygen atoms in total. The van der Waals surface area contributed by atoms with E-state index in [1.54, 1.807) is 12.2 Å². The first kappa shape index (κ1) is 11.7. The number of hydrogen-bond donors (Lipinski definition) is 1. The van der Waals surface area contributed by atoms with Crippen LogP contribution in [-0.2, 0) is 4.79 Å². The lowest BCUT2D eigenvalue weighted by atomic mass is 10.0. The molecule has 1 N–H and O–H groups in total. The molecular formula is C12H17NO2. The van der Waals surface area contributed by atoms with Gasteiger partial charge in [0.05, 0.1) is 5.71 Å². The van der Waals surface area contributed by atoms with Crippen LogP contribution in [-0.4, -0.2) is 16.7 Å². The molecule has 0 bridgehead atoms. The summed E-state index contributed by atoms with van der Waals surface area (Å²) < 4.78 is 0. The van der Waals surface area contributed by atoms with Gasteiger partial charge in [-0.25, -0.2) is 0 Å². The molecule has 0 aliphatic heterocycles. The Kier molecular flexibility index (Phi) is 5.44. The molecule has 0 heterocycles. The zero-order chi connectivity index (χ0) is 10.9. The maximum absolute atomic E-state index is 11.3. The lowest BCUT2D eigenvalue weighted by Crippen LogP contribution is -2.01. The monoisotopic (exact) mass is 207 g/mol. The molecule has 0 aromatic rings. The van der Waals surface area contributed by atoms with Crippen LogP contribution >= 0.6 is 0 Å². The fourth-order valence-corrected chi connectivity index (χ4v) is 1.54. The summed E-state index contributed by atoms with van der Waals surface area (Å²) >= 11 is 0. The highest BCUT2D eigenvalue weighted by molar-refractivity contribution is 5.90.